The van der Waals surface area contributed by atoms with Crippen molar-refractivity contribution in [1.82, 2.24) is 20.6 Å². The lowest BCUT2D eigenvalue weighted by molar-refractivity contribution is 0.297. The molecule has 0 radical (unpaired) electrons. The monoisotopic (exact) mass is 377 g/mol. The van der Waals surface area contributed by atoms with Crippen LogP contribution in [0.5, 0.6) is 5.75 Å². The summed E-state index contributed by atoms with van der Waals surface area (Å²) in [6.07, 6.45) is 0. The molecule has 23 heavy (non-hydrogen) atoms. The molecule has 6 nitrogen and oxygen atoms in total. The molecule has 8 heteroatoms. The highest BCUT2D eigenvalue weighted by Crippen LogP contribution is 2.25. The fourth-order valence-electron chi connectivity index (χ4n) is 2.01. The summed E-state index contributed by atoms with van der Waals surface area (Å²) < 4.78 is 20.3. The predicted molar refractivity (Wildman–Crippen MR) is 86.4 cm³/mol. The van der Waals surface area contributed by atoms with Gasteiger partial charge >= 0.3 is 0 Å². The molecule has 118 valence electrons. The van der Waals surface area contributed by atoms with Crippen LogP contribution in [-0.2, 0) is 13.2 Å². The van der Waals surface area contributed by atoms with E-state index in [9.17, 15) is 4.39 Å². The van der Waals surface area contributed by atoms with E-state index < -0.39 is 0 Å². The molecule has 0 amide bonds. The van der Waals surface area contributed by atoms with E-state index in [0.29, 0.717) is 23.8 Å². The summed E-state index contributed by atoms with van der Waals surface area (Å²) in [7, 11) is 0. The maximum Gasteiger partial charge on any atom is 0.263 e. The standard InChI is InChI=1S/C15H13BrFN5O/c16-12-5-6-14(23-9-10-3-1-2-4-13(10)17)11(7-12)8-18-15-19-21-22-20-15/h1-7H,8-9H2,(H2,18,19,20,21,22). The number of tetrazole rings is 1. The number of aromatic nitrogens is 4. The van der Waals surface area contributed by atoms with Gasteiger partial charge in [0.25, 0.3) is 5.95 Å². The van der Waals surface area contributed by atoms with Crippen LogP contribution in [0, 0.1) is 5.82 Å². The number of benzene rings is 2. The Morgan fingerprint density at radius 1 is 1.17 bits per heavy atom. The van der Waals surface area contributed by atoms with E-state index in [1.807, 2.05) is 18.2 Å². The molecule has 0 aliphatic heterocycles. The summed E-state index contributed by atoms with van der Waals surface area (Å²) in [5, 5.41) is 16.5. The number of aromatic amines is 1. The van der Waals surface area contributed by atoms with Crippen LogP contribution in [0.3, 0.4) is 0 Å². The Bertz CT molecular complexity index is 781. The van der Waals surface area contributed by atoms with Crippen molar-refractivity contribution in [1.29, 1.82) is 0 Å². The van der Waals surface area contributed by atoms with Crippen LogP contribution in [0.2, 0.25) is 0 Å². The highest BCUT2D eigenvalue weighted by atomic mass is 79.9. The fraction of sp³-hybridized carbons (Fsp3) is 0.133. The maximum absolute atomic E-state index is 13.7. The first-order valence-corrected chi connectivity index (χ1v) is 7.63. The normalized spacial score (nSPS) is 10.5. The Kier molecular flexibility index (Phi) is 4.82. The zero-order valence-electron chi connectivity index (χ0n) is 12.0. The number of nitrogens with zero attached hydrogens (tertiary/aromatic N) is 3. The molecule has 0 saturated heterocycles. The third-order valence-electron chi connectivity index (χ3n) is 3.15. The van der Waals surface area contributed by atoms with Crippen molar-refractivity contribution >= 4 is 21.9 Å². The lowest BCUT2D eigenvalue weighted by Crippen LogP contribution is -2.05. The van der Waals surface area contributed by atoms with Gasteiger partial charge in [-0.15, -0.1) is 5.10 Å². The first-order chi connectivity index (χ1) is 11.2. The number of anilines is 1. The van der Waals surface area contributed by atoms with Crippen molar-refractivity contribution in [3.8, 4) is 5.75 Å². The van der Waals surface area contributed by atoms with Gasteiger partial charge in [-0.2, -0.15) is 5.21 Å². The van der Waals surface area contributed by atoms with Crippen molar-refractivity contribution in [3.05, 3.63) is 63.9 Å². The van der Waals surface area contributed by atoms with Crippen LogP contribution >= 0.6 is 15.9 Å². The maximum atomic E-state index is 13.7. The zero-order chi connectivity index (χ0) is 16.1. The minimum atomic E-state index is -0.281. The van der Waals surface area contributed by atoms with Crippen molar-refractivity contribution in [2.24, 2.45) is 0 Å². The minimum absolute atomic E-state index is 0.156. The van der Waals surface area contributed by atoms with Crippen molar-refractivity contribution in [3.63, 3.8) is 0 Å². The van der Waals surface area contributed by atoms with Gasteiger partial charge in [-0.05, 0) is 29.5 Å². The molecule has 0 spiro atoms. The van der Waals surface area contributed by atoms with E-state index in [1.54, 1.807) is 18.2 Å². The second-order valence-corrected chi connectivity index (χ2v) is 5.64. The van der Waals surface area contributed by atoms with Gasteiger partial charge in [0.05, 0.1) is 0 Å². The molecule has 0 atom stereocenters. The number of halogens is 2. The van der Waals surface area contributed by atoms with Crippen LogP contribution in [-0.4, -0.2) is 20.6 Å². The van der Waals surface area contributed by atoms with Crippen molar-refractivity contribution in [2.75, 3.05) is 5.32 Å². The molecule has 0 aliphatic rings. The van der Waals surface area contributed by atoms with Crippen molar-refractivity contribution < 1.29 is 9.13 Å². The van der Waals surface area contributed by atoms with E-state index in [-0.39, 0.29) is 12.4 Å². The molecular weight excluding hydrogens is 365 g/mol. The smallest absolute Gasteiger partial charge is 0.263 e. The van der Waals surface area contributed by atoms with Gasteiger partial charge in [0.1, 0.15) is 18.2 Å². The summed E-state index contributed by atoms with van der Waals surface area (Å²) in [4.78, 5) is 0. The van der Waals surface area contributed by atoms with Gasteiger partial charge in [-0.25, -0.2) is 4.39 Å². The van der Waals surface area contributed by atoms with Crippen LogP contribution in [0.4, 0.5) is 10.3 Å². The minimum Gasteiger partial charge on any atom is -0.488 e. The summed E-state index contributed by atoms with van der Waals surface area (Å²) in [6.45, 7) is 0.606. The SMILES string of the molecule is Fc1ccccc1COc1ccc(Br)cc1CNc1nn[nH]n1. The fourth-order valence-corrected chi connectivity index (χ4v) is 2.42. The average molecular weight is 378 g/mol. The summed E-state index contributed by atoms with van der Waals surface area (Å²) in [5.41, 5.74) is 1.40. The molecule has 0 aliphatic carbocycles. The molecule has 0 fully saturated rings. The topological polar surface area (TPSA) is 75.7 Å². The number of ether oxygens (including phenoxy) is 1. The molecule has 3 rings (SSSR count). The van der Waals surface area contributed by atoms with Crippen LogP contribution in [0.15, 0.2) is 46.9 Å². The van der Waals surface area contributed by atoms with Gasteiger partial charge < -0.3 is 10.1 Å². The summed E-state index contributed by atoms with van der Waals surface area (Å²) >= 11 is 3.43. The largest absolute Gasteiger partial charge is 0.488 e. The summed E-state index contributed by atoms with van der Waals surface area (Å²) in [6, 6.07) is 12.2. The zero-order valence-corrected chi connectivity index (χ0v) is 13.5. The molecule has 2 N–H and O–H groups in total. The average Bonchev–Trinajstić information content (AvgIpc) is 3.07. The second kappa shape index (κ2) is 7.19. The molecule has 2 aromatic carbocycles. The van der Waals surface area contributed by atoms with Gasteiger partial charge in [-0.1, -0.05) is 39.2 Å². The number of nitrogens with one attached hydrogen (secondary N) is 2. The predicted octanol–water partition coefficient (Wildman–Crippen LogP) is 3.29. The molecular formula is C15H13BrFN5O. The Hall–Kier alpha value is -2.48. The number of hydrogen-bond donors (Lipinski definition) is 2. The number of H-pyrrole nitrogens is 1. The van der Waals surface area contributed by atoms with E-state index in [4.69, 9.17) is 4.74 Å². The van der Waals surface area contributed by atoms with Gasteiger partial charge in [0, 0.05) is 22.1 Å². The van der Waals surface area contributed by atoms with Gasteiger partial charge in [0.15, 0.2) is 0 Å². The molecule has 0 bridgehead atoms. The highest BCUT2D eigenvalue weighted by molar-refractivity contribution is 9.10. The molecule has 0 saturated carbocycles. The third-order valence-corrected chi connectivity index (χ3v) is 3.64. The van der Waals surface area contributed by atoms with Gasteiger partial charge in [0.2, 0.25) is 0 Å². The van der Waals surface area contributed by atoms with E-state index in [1.165, 1.54) is 6.07 Å². The van der Waals surface area contributed by atoms with Crippen LogP contribution in [0.1, 0.15) is 11.1 Å². The molecule has 1 aromatic heterocycles. The quantitative estimate of drug-likeness (QED) is 0.689. The van der Waals surface area contributed by atoms with E-state index in [0.717, 1.165) is 10.0 Å². The van der Waals surface area contributed by atoms with Crippen molar-refractivity contribution in [2.45, 2.75) is 13.2 Å². The highest BCUT2D eigenvalue weighted by Gasteiger charge is 2.08. The summed E-state index contributed by atoms with van der Waals surface area (Å²) in [5.74, 6) is 0.772. The molecule has 0 unspecified atom stereocenters. The number of hydrogen-bond acceptors (Lipinski definition) is 5. The lowest BCUT2D eigenvalue weighted by Gasteiger charge is -2.12. The third kappa shape index (κ3) is 4.04. The lowest BCUT2D eigenvalue weighted by atomic mass is 10.2. The Morgan fingerprint density at radius 2 is 2.04 bits per heavy atom. The van der Waals surface area contributed by atoms with Crippen LogP contribution < -0.4 is 10.1 Å². The Balaban J connectivity index is 1.72. The van der Waals surface area contributed by atoms with Crippen LogP contribution in [0.25, 0.3) is 0 Å². The Labute approximate surface area is 140 Å². The Morgan fingerprint density at radius 3 is 2.83 bits per heavy atom. The number of rotatable bonds is 6. The van der Waals surface area contributed by atoms with Gasteiger partial charge in [-0.3, -0.25) is 0 Å². The molecule has 3 aromatic rings. The van der Waals surface area contributed by atoms with E-state index in [2.05, 4.69) is 41.9 Å². The first kappa shape index (κ1) is 15.4. The van der Waals surface area contributed by atoms with E-state index >= 15 is 0 Å². The second-order valence-electron chi connectivity index (χ2n) is 4.72. The first-order valence-electron chi connectivity index (χ1n) is 6.84. The molecule has 1 heterocycles.